The Hall–Kier alpha value is -2.55. The first kappa shape index (κ1) is 18.8. The predicted octanol–water partition coefficient (Wildman–Crippen LogP) is 2.62. The Balaban J connectivity index is 1.38. The number of anilines is 1. The lowest BCUT2D eigenvalue weighted by Crippen LogP contribution is -2.39. The van der Waals surface area contributed by atoms with Gasteiger partial charge < -0.3 is 25.5 Å². The van der Waals surface area contributed by atoms with Gasteiger partial charge in [-0.2, -0.15) is 0 Å². The number of nitrogens with one attached hydrogen (secondary N) is 3. The van der Waals surface area contributed by atoms with Crippen molar-refractivity contribution in [1.82, 2.24) is 25.2 Å². The van der Waals surface area contributed by atoms with Crippen LogP contribution in [0.25, 0.3) is 11.0 Å². The Morgan fingerprint density at radius 3 is 2.79 bits per heavy atom. The lowest BCUT2D eigenvalue weighted by Gasteiger charge is -2.28. The third-order valence-corrected chi connectivity index (χ3v) is 6.06. The molecule has 1 saturated carbocycles. The molecule has 3 heterocycles. The molecule has 2 aliphatic rings. The molecule has 0 bridgehead atoms. The van der Waals surface area contributed by atoms with Gasteiger partial charge >= 0.3 is 6.03 Å². The zero-order chi connectivity index (χ0) is 19.8. The molecule has 2 aromatic rings. The number of nitrogens with zero attached hydrogens (tertiary/aromatic N) is 4. The number of fused-ring (bicyclic) bond motifs is 2. The van der Waals surface area contributed by atoms with Gasteiger partial charge in [0.05, 0.1) is 10.4 Å². The van der Waals surface area contributed by atoms with E-state index in [1.165, 1.54) is 6.08 Å². The van der Waals surface area contributed by atoms with Crippen molar-refractivity contribution in [2.45, 2.75) is 25.8 Å². The van der Waals surface area contributed by atoms with E-state index in [4.69, 9.17) is 5.41 Å². The van der Waals surface area contributed by atoms with Crippen LogP contribution in [0.2, 0.25) is 0 Å². The van der Waals surface area contributed by atoms with E-state index in [0.717, 1.165) is 42.8 Å². The Morgan fingerprint density at radius 2 is 2.11 bits per heavy atom. The summed E-state index contributed by atoms with van der Waals surface area (Å²) in [7, 11) is 2.10. The van der Waals surface area contributed by atoms with Gasteiger partial charge in [0, 0.05) is 38.1 Å². The van der Waals surface area contributed by atoms with Crippen LogP contribution in [-0.4, -0.2) is 57.8 Å². The number of allylic oxidation sites excluding steroid dienone is 1. The molecule has 0 radical (unpaired) electrons. The molecule has 2 aromatic heterocycles. The van der Waals surface area contributed by atoms with Crippen LogP contribution in [0.15, 0.2) is 29.7 Å². The number of aromatic amines is 1. The number of hydrogen-bond donors (Lipinski definition) is 4. The zero-order valence-electron chi connectivity index (χ0n) is 16.0. The molecular formula is C19H25N7OS. The summed E-state index contributed by atoms with van der Waals surface area (Å²) in [6.45, 7) is 3.17. The summed E-state index contributed by atoms with van der Waals surface area (Å²) in [5.74, 6) is 1.95. The van der Waals surface area contributed by atoms with Crippen LogP contribution in [-0.2, 0) is 0 Å². The molecule has 0 spiro atoms. The Morgan fingerprint density at radius 1 is 1.39 bits per heavy atom. The standard InChI is InChI=1S/C19H25N7OS/c1-11(20)5-16(28)24-19(27)26-8-12-6-14(7-13(12)9-26)25(2)18-15-3-4-21-17(15)22-10-23-18/h3-5,10,12-14,20,28H,6-9H2,1-2H3,(H,24,27)(H,21,22,23)/b16-5-,20-11?/t12-,13+,14+. The van der Waals surface area contributed by atoms with Crippen LogP contribution in [0.3, 0.4) is 0 Å². The highest BCUT2D eigenvalue weighted by Gasteiger charge is 2.43. The second-order valence-electron chi connectivity index (χ2n) is 7.74. The van der Waals surface area contributed by atoms with Gasteiger partial charge in [-0.1, -0.05) is 0 Å². The lowest BCUT2D eigenvalue weighted by atomic mass is 10.0. The van der Waals surface area contributed by atoms with Gasteiger partial charge in [0.25, 0.3) is 0 Å². The van der Waals surface area contributed by atoms with Crippen LogP contribution < -0.4 is 10.2 Å². The Labute approximate surface area is 169 Å². The number of likely N-dealkylation sites (tertiary alicyclic amines) is 1. The van der Waals surface area contributed by atoms with E-state index in [2.05, 4.69) is 44.8 Å². The average Bonchev–Trinajstić information content (AvgIpc) is 3.33. The molecule has 148 valence electrons. The zero-order valence-corrected chi connectivity index (χ0v) is 16.9. The van der Waals surface area contributed by atoms with Gasteiger partial charge in [0.15, 0.2) is 0 Å². The quantitative estimate of drug-likeness (QED) is 0.469. The van der Waals surface area contributed by atoms with Crippen molar-refractivity contribution in [2.75, 3.05) is 25.0 Å². The maximum Gasteiger partial charge on any atom is 0.322 e. The lowest BCUT2D eigenvalue weighted by molar-refractivity contribution is 0.208. The maximum atomic E-state index is 12.4. The summed E-state index contributed by atoms with van der Waals surface area (Å²) >= 11 is 4.23. The molecule has 4 rings (SSSR count). The fourth-order valence-corrected chi connectivity index (χ4v) is 4.78. The van der Waals surface area contributed by atoms with Gasteiger partial charge in [-0.3, -0.25) is 0 Å². The molecule has 3 atom stereocenters. The smallest absolute Gasteiger partial charge is 0.322 e. The molecule has 1 aliphatic carbocycles. The summed E-state index contributed by atoms with van der Waals surface area (Å²) in [6, 6.07) is 2.29. The summed E-state index contributed by atoms with van der Waals surface area (Å²) < 4.78 is 0. The number of rotatable bonds is 4. The third-order valence-electron chi connectivity index (χ3n) is 5.82. The largest absolute Gasteiger partial charge is 0.356 e. The van der Waals surface area contributed by atoms with E-state index in [9.17, 15) is 4.79 Å². The van der Waals surface area contributed by atoms with Crippen molar-refractivity contribution in [2.24, 2.45) is 11.8 Å². The van der Waals surface area contributed by atoms with Crippen molar-refractivity contribution in [3.8, 4) is 0 Å². The molecule has 1 saturated heterocycles. The number of urea groups is 1. The van der Waals surface area contributed by atoms with Gasteiger partial charge in [0.2, 0.25) is 0 Å². The minimum Gasteiger partial charge on any atom is -0.356 e. The number of hydrogen-bond acceptors (Lipinski definition) is 6. The van der Waals surface area contributed by atoms with Gasteiger partial charge in [-0.05, 0) is 43.7 Å². The number of carbonyl (C=O) groups is 1. The van der Waals surface area contributed by atoms with Crippen LogP contribution >= 0.6 is 12.6 Å². The van der Waals surface area contributed by atoms with Crippen molar-refractivity contribution in [3.05, 3.63) is 29.7 Å². The van der Waals surface area contributed by atoms with E-state index >= 15 is 0 Å². The van der Waals surface area contributed by atoms with E-state index in [1.54, 1.807) is 13.3 Å². The topological polar surface area (TPSA) is 101 Å². The van der Waals surface area contributed by atoms with E-state index in [-0.39, 0.29) is 6.03 Å². The Bertz CT molecular complexity index is 925. The van der Waals surface area contributed by atoms with E-state index in [1.807, 2.05) is 17.2 Å². The second kappa shape index (κ2) is 7.46. The first-order valence-electron chi connectivity index (χ1n) is 9.45. The number of thiol groups is 1. The van der Waals surface area contributed by atoms with Crippen LogP contribution in [0.5, 0.6) is 0 Å². The van der Waals surface area contributed by atoms with Crippen molar-refractivity contribution in [3.63, 3.8) is 0 Å². The van der Waals surface area contributed by atoms with Crippen LogP contribution in [0.1, 0.15) is 19.8 Å². The highest BCUT2D eigenvalue weighted by Crippen LogP contribution is 2.41. The molecule has 2 fully saturated rings. The van der Waals surface area contributed by atoms with Gasteiger partial charge in [-0.15, -0.1) is 12.6 Å². The molecule has 8 nitrogen and oxygen atoms in total. The molecular weight excluding hydrogens is 374 g/mol. The summed E-state index contributed by atoms with van der Waals surface area (Å²) in [4.78, 5) is 28.5. The summed E-state index contributed by atoms with van der Waals surface area (Å²) in [5, 5.41) is 11.7. The third kappa shape index (κ3) is 3.58. The number of carbonyl (C=O) groups excluding carboxylic acids is 1. The fraction of sp³-hybridized carbons (Fsp3) is 0.474. The van der Waals surface area contributed by atoms with E-state index in [0.29, 0.717) is 28.6 Å². The first-order chi connectivity index (χ1) is 13.4. The minimum absolute atomic E-state index is 0.133. The molecule has 0 aromatic carbocycles. The molecule has 2 amide bonds. The maximum absolute atomic E-state index is 12.4. The Kier molecular flexibility index (Phi) is 5.01. The highest BCUT2D eigenvalue weighted by atomic mass is 32.1. The highest BCUT2D eigenvalue weighted by molar-refractivity contribution is 7.84. The number of H-pyrrole nitrogens is 1. The van der Waals surface area contributed by atoms with E-state index < -0.39 is 0 Å². The predicted molar refractivity (Wildman–Crippen MR) is 113 cm³/mol. The normalized spacial score (nSPS) is 24.5. The molecule has 1 aliphatic heterocycles. The summed E-state index contributed by atoms with van der Waals surface area (Å²) in [6.07, 6.45) is 7.12. The molecule has 9 heteroatoms. The van der Waals surface area contributed by atoms with Gasteiger partial charge in [-0.25, -0.2) is 14.8 Å². The van der Waals surface area contributed by atoms with Gasteiger partial charge in [0.1, 0.15) is 17.8 Å². The number of aromatic nitrogens is 3. The monoisotopic (exact) mass is 399 g/mol. The number of amides is 2. The first-order valence-corrected chi connectivity index (χ1v) is 9.89. The second-order valence-corrected chi connectivity index (χ2v) is 8.22. The average molecular weight is 400 g/mol. The van der Waals surface area contributed by atoms with Crippen molar-refractivity contribution in [1.29, 1.82) is 5.41 Å². The SMILES string of the molecule is CC(=N)/C=C(\S)NC(=O)N1C[C@H]2C[C@H](N(C)c3ncnc4[nH]ccc34)C[C@H]2C1. The van der Waals surface area contributed by atoms with Crippen molar-refractivity contribution >= 4 is 41.2 Å². The fourth-order valence-electron chi connectivity index (χ4n) is 4.49. The minimum atomic E-state index is -0.133. The summed E-state index contributed by atoms with van der Waals surface area (Å²) in [5.41, 5.74) is 1.21. The van der Waals surface area contributed by atoms with Crippen LogP contribution in [0.4, 0.5) is 10.6 Å². The van der Waals surface area contributed by atoms with Crippen LogP contribution in [0, 0.1) is 17.2 Å². The molecule has 3 N–H and O–H groups in total. The van der Waals surface area contributed by atoms with Crippen molar-refractivity contribution < 1.29 is 4.79 Å². The molecule has 28 heavy (non-hydrogen) atoms. The molecule has 0 unspecified atom stereocenters.